The normalized spacial score (nSPS) is 23.8. The molecule has 2 heterocycles. The second-order valence-corrected chi connectivity index (χ2v) is 8.77. The van der Waals surface area contributed by atoms with Crippen molar-refractivity contribution in [2.75, 3.05) is 50.0 Å². The Morgan fingerprint density at radius 1 is 1.38 bits per heavy atom. The second-order valence-electron chi connectivity index (χ2n) is 7.71. The van der Waals surface area contributed by atoms with E-state index < -0.39 is 0 Å². The maximum absolute atomic E-state index is 12.5. The molecule has 2 aliphatic rings. The van der Waals surface area contributed by atoms with Crippen LogP contribution in [0.5, 0.6) is 0 Å². The van der Waals surface area contributed by atoms with Gasteiger partial charge in [-0.1, -0.05) is 26.0 Å². The molecule has 2 aliphatic heterocycles. The van der Waals surface area contributed by atoms with Crippen molar-refractivity contribution in [2.24, 2.45) is 5.92 Å². The number of carbonyl (C=O) groups excluding carboxylic acids is 1. The number of thioether (sulfide) groups is 1. The van der Waals surface area contributed by atoms with E-state index in [4.69, 9.17) is 4.74 Å². The highest BCUT2D eigenvalue weighted by Gasteiger charge is 2.26. The highest BCUT2D eigenvalue weighted by atomic mass is 32.2. The summed E-state index contributed by atoms with van der Waals surface area (Å²) in [6.45, 7) is 11.4. The predicted octanol–water partition coefficient (Wildman–Crippen LogP) is 2.46. The van der Waals surface area contributed by atoms with Gasteiger partial charge in [-0.3, -0.25) is 9.69 Å². The van der Waals surface area contributed by atoms with E-state index in [1.165, 1.54) is 10.6 Å². The molecule has 1 saturated heterocycles. The van der Waals surface area contributed by atoms with E-state index in [2.05, 4.69) is 54.1 Å². The van der Waals surface area contributed by atoms with Gasteiger partial charge in [0.1, 0.15) is 0 Å². The molecule has 26 heavy (non-hydrogen) atoms. The smallest absolute Gasteiger partial charge is 0.239 e. The van der Waals surface area contributed by atoms with Crippen LogP contribution in [-0.4, -0.2) is 68.0 Å². The minimum Gasteiger partial charge on any atom is -0.374 e. The van der Waals surface area contributed by atoms with Gasteiger partial charge in [0.15, 0.2) is 0 Å². The lowest BCUT2D eigenvalue weighted by Crippen LogP contribution is -2.50. The summed E-state index contributed by atoms with van der Waals surface area (Å²) in [5.41, 5.74) is 1.17. The third-order valence-electron chi connectivity index (χ3n) is 4.87. The Kier molecular flexibility index (Phi) is 6.84. The van der Waals surface area contributed by atoms with Crippen LogP contribution in [0.1, 0.15) is 20.8 Å². The Morgan fingerprint density at radius 2 is 2.19 bits per heavy atom. The highest BCUT2D eigenvalue weighted by molar-refractivity contribution is 7.99. The standard InChI is InChI=1S/C20H31N3O2S/c1-15(2)11-22-8-9-25-17(12-22)10-21-20(24)13-23-16(3)14-26-19-7-5-4-6-18(19)23/h4-7,15-17H,8-14H2,1-3H3,(H,21,24)/t16-,17-/m1/s1. The molecule has 0 aromatic heterocycles. The molecule has 1 fully saturated rings. The van der Waals surface area contributed by atoms with Gasteiger partial charge >= 0.3 is 0 Å². The zero-order chi connectivity index (χ0) is 18.5. The van der Waals surface area contributed by atoms with E-state index in [0.717, 1.165) is 32.0 Å². The molecule has 144 valence electrons. The van der Waals surface area contributed by atoms with Gasteiger partial charge in [0.2, 0.25) is 5.91 Å². The van der Waals surface area contributed by atoms with E-state index in [1.54, 1.807) is 0 Å². The van der Waals surface area contributed by atoms with Gasteiger partial charge in [-0.05, 0) is 25.0 Å². The van der Waals surface area contributed by atoms with Gasteiger partial charge in [-0.2, -0.15) is 0 Å². The quantitative estimate of drug-likeness (QED) is 0.825. The molecule has 2 atom stereocenters. The number of hydrogen-bond acceptors (Lipinski definition) is 5. The Balaban J connectivity index is 1.50. The minimum atomic E-state index is 0.0723. The van der Waals surface area contributed by atoms with Gasteiger partial charge in [-0.15, -0.1) is 11.8 Å². The average Bonchev–Trinajstić information content (AvgIpc) is 2.62. The summed E-state index contributed by atoms with van der Waals surface area (Å²) in [6, 6.07) is 8.70. The van der Waals surface area contributed by atoms with Crippen LogP contribution in [0.3, 0.4) is 0 Å². The first-order valence-electron chi connectivity index (χ1n) is 9.62. The van der Waals surface area contributed by atoms with Gasteiger partial charge < -0.3 is 15.0 Å². The number of fused-ring (bicyclic) bond motifs is 1. The fraction of sp³-hybridized carbons (Fsp3) is 0.650. The Morgan fingerprint density at radius 3 is 3.00 bits per heavy atom. The zero-order valence-corrected chi connectivity index (χ0v) is 16.9. The molecule has 5 nitrogen and oxygen atoms in total. The number of ether oxygens (including phenoxy) is 1. The summed E-state index contributed by atoms with van der Waals surface area (Å²) in [7, 11) is 0. The summed E-state index contributed by atoms with van der Waals surface area (Å²) < 4.78 is 5.83. The molecule has 1 aromatic carbocycles. The maximum atomic E-state index is 12.5. The monoisotopic (exact) mass is 377 g/mol. The first kappa shape index (κ1) is 19.5. The first-order valence-corrected chi connectivity index (χ1v) is 10.6. The van der Waals surface area contributed by atoms with E-state index in [9.17, 15) is 4.79 Å². The number of benzene rings is 1. The Labute approximate surface area is 161 Å². The number of carbonyl (C=O) groups is 1. The van der Waals surface area contributed by atoms with Crippen molar-refractivity contribution in [1.82, 2.24) is 10.2 Å². The Hall–Kier alpha value is -1.24. The lowest BCUT2D eigenvalue weighted by atomic mass is 10.2. The van der Waals surface area contributed by atoms with Crippen LogP contribution in [0, 0.1) is 5.92 Å². The lowest BCUT2D eigenvalue weighted by molar-refractivity contribution is -0.121. The molecule has 3 rings (SSSR count). The van der Waals surface area contributed by atoms with E-state index in [-0.39, 0.29) is 12.0 Å². The van der Waals surface area contributed by atoms with Gasteiger partial charge in [0, 0.05) is 42.9 Å². The number of morpholine rings is 1. The third-order valence-corrected chi connectivity index (χ3v) is 6.18. The van der Waals surface area contributed by atoms with Crippen LogP contribution in [0.15, 0.2) is 29.2 Å². The molecule has 0 aliphatic carbocycles. The number of para-hydroxylation sites is 1. The number of hydrogen-bond donors (Lipinski definition) is 1. The van der Waals surface area contributed by atoms with Crippen LogP contribution in [0.25, 0.3) is 0 Å². The van der Waals surface area contributed by atoms with Crippen LogP contribution in [0.2, 0.25) is 0 Å². The van der Waals surface area contributed by atoms with Crippen LogP contribution < -0.4 is 10.2 Å². The lowest BCUT2D eigenvalue weighted by Gasteiger charge is -2.36. The molecule has 1 aromatic rings. The van der Waals surface area contributed by atoms with Gasteiger partial charge in [0.25, 0.3) is 0 Å². The summed E-state index contributed by atoms with van der Waals surface area (Å²) in [6.07, 6.45) is 0.0908. The molecular weight excluding hydrogens is 346 g/mol. The largest absolute Gasteiger partial charge is 0.374 e. The van der Waals surface area contributed by atoms with Gasteiger partial charge in [0.05, 0.1) is 24.9 Å². The fourth-order valence-corrected chi connectivity index (χ4v) is 4.73. The number of nitrogens with one attached hydrogen (secondary N) is 1. The Bertz CT molecular complexity index is 610. The molecule has 0 spiro atoms. The van der Waals surface area contributed by atoms with E-state index in [1.807, 2.05) is 17.8 Å². The SMILES string of the molecule is CC(C)CN1CCO[C@H](CNC(=O)CN2c3ccccc3SC[C@H]2C)C1. The van der Waals surface area contributed by atoms with Crippen molar-refractivity contribution in [2.45, 2.75) is 37.8 Å². The molecule has 6 heteroatoms. The fourth-order valence-electron chi connectivity index (χ4n) is 3.62. The summed E-state index contributed by atoms with van der Waals surface area (Å²) >= 11 is 1.87. The predicted molar refractivity (Wildman–Crippen MR) is 108 cm³/mol. The van der Waals surface area contributed by atoms with Crippen molar-refractivity contribution in [3.63, 3.8) is 0 Å². The van der Waals surface area contributed by atoms with Crippen LogP contribution in [0.4, 0.5) is 5.69 Å². The molecule has 0 saturated carbocycles. The topological polar surface area (TPSA) is 44.8 Å². The number of rotatable bonds is 6. The van der Waals surface area contributed by atoms with Crippen molar-refractivity contribution < 1.29 is 9.53 Å². The second kappa shape index (κ2) is 9.11. The van der Waals surface area contributed by atoms with Crippen molar-refractivity contribution in [3.8, 4) is 0 Å². The number of amides is 1. The molecule has 0 unspecified atom stereocenters. The summed E-state index contributed by atoms with van der Waals surface area (Å²) in [4.78, 5) is 18.5. The molecule has 1 N–H and O–H groups in total. The van der Waals surface area contributed by atoms with E-state index in [0.29, 0.717) is 25.0 Å². The van der Waals surface area contributed by atoms with Crippen LogP contribution in [-0.2, 0) is 9.53 Å². The average molecular weight is 378 g/mol. The molecule has 0 bridgehead atoms. The molecular formula is C20H31N3O2S. The van der Waals surface area contributed by atoms with Crippen LogP contribution >= 0.6 is 11.8 Å². The van der Waals surface area contributed by atoms with Gasteiger partial charge in [-0.25, -0.2) is 0 Å². The number of anilines is 1. The first-order chi connectivity index (χ1) is 12.5. The van der Waals surface area contributed by atoms with E-state index >= 15 is 0 Å². The zero-order valence-electron chi connectivity index (χ0n) is 16.1. The summed E-state index contributed by atoms with van der Waals surface area (Å²) in [5, 5.41) is 3.09. The molecule has 0 radical (unpaired) electrons. The van der Waals surface area contributed by atoms with Crippen molar-refractivity contribution in [1.29, 1.82) is 0 Å². The third kappa shape index (κ3) is 5.15. The molecule has 1 amide bonds. The number of nitrogens with zero attached hydrogens (tertiary/aromatic N) is 2. The minimum absolute atomic E-state index is 0.0723. The maximum Gasteiger partial charge on any atom is 0.239 e. The van der Waals surface area contributed by atoms with Crippen molar-refractivity contribution >= 4 is 23.4 Å². The van der Waals surface area contributed by atoms with Crippen molar-refractivity contribution in [3.05, 3.63) is 24.3 Å². The summed E-state index contributed by atoms with van der Waals surface area (Å²) in [5.74, 6) is 1.74. The highest BCUT2D eigenvalue weighted by Crippen LogP contribution is 2.36.